The Balaban J connectivity index is 1.25. The molecule has 3 aromatic carbocycles. The quantitative estimate of drug-likeness (QED) is 0.242. The normalized spacial score (nSPS) is 15.8. The molecule has 1 fully saturated rings. The van der Waals surface area contributed by atoms with Crippen molar-refractivity contribution < 1.29 is 19.1 Å². The van der Waals surface area contributed by atoms with Gasteiger partial charge in [-0.3, -0.25) is 19.3 Å². The average molecular weight is 511 g/mol. The molecule has 1 N–H and O–H groups in total. The average Bonchev–Trinajstić information content (AvgIpc) is 3.55. The molecule has 2 amide bonds. The number of rotatable bonds is 10. The van der Waals surface area contributed by atoms with Crippen LogP contribution >= 0.6 is 0 Å². The number of benzene rings is 3. The molecule has 5 rings (SSSR count). The molecule has 38 heavy (non-hydrogen) atoms. The number of nitrogens with zero attached hydrogens (tertiary/aromatic N) is 1. The van der Waals surface area contributed by atoms with Crippen molar-refractivity contribution in [1.29, 1.82) is 0 Å². The van der Waals surface area contributed by atoms with Gasteiger partial charge >= 0.3 is 0 Å². The number of ether oxygens (including phenoxy) is 1. The molecule has 0 spiro atoms. The molecule has 196 valence electrons. The molecule has 1 aliphatic heterocycles. The Hall–Kier alpha value is -3.93. The van der Waals surface area contributed by atoms with Crippen LogP contribution in [-0.2, 0) is 22.5 Å². The molecule has 1 saturated carbocycles. The van der Waals surface area contributed by atoms with E-state index in [1.165, 1.54) is 24.8 Å². The molecule has 0 atom stereocenters. The van der Waals surface area contributed by atoms with Crippen LogP contribution in [0.15, 0.2) is 66.7 Å². The van der Waals surface area contributed by atoms with Gasteiger partial charge in [0.25, 0.3) is 18.3 Å². The van der Waals surface area contributed by atoms with E-state index in [0.717, 1.165) is 36.0 Å². The number of carbonyl (C=O) groups excluding carboxylic acids is 3. The zero-order valence-electron chi connectivity index (χ0n) is 21.9. The first kappa shape index (κ1) is 25.7. The number of unbranched alkanes of at least 4 members (excludes halogenated alkanes) is 2. The van der Waals surface area contributed by atoms with E-state index in [1.54, 1.807) is 4.90 Å². The summed E-state index contributed by atoms with van der Waals surface area (Å²) in [6.45, 7) is 3.11. The molecule has 2 aliphatic rings. The molecule has 0 unspecified atom stereocenters. The minimum Gasteiger partial charge on any atom is -0.441 e. The van der Waals surface area contributed by atoms with Crippen LogP contribution in [0.3, 0.4) is 0 Å². The highest BCUT2D eigenvalue weighted by molar-refractivity contribution is 6.04. The summed E-state index contributed by atoms with van der Waals surface area (Å²) in [5.41, 5.74) is 5.24. The smallest absolute Gasteiger partial charge is 0.295 e. The number of anilines is 1. The summed E-state index contributed by atoms with van der Waals surface area (Å²) in [4.78, 5) is 39.0. The lowest BCUT2D eigenvalue weighted by Crippen LogP contribution is -2.48. The predicted molar refractivity (Wildman–Crippen MR) is 148 cm³/mol. The first-order chi connectivity index (χ1) is 18.5. The third kappa shape index (κ3) is 5.21. The van der Waals surface area contributed by atoms with Gasteiger partial charge in [0, 0.05) is 29.7 Å². The Bertz CT molecular complexity index is 1310. The second-order valence-corrected chi connectivity index (χ2v) is 10.3. The van der Waals surface area contributed by atoms with Gasteiger partial charge in [0.15, 0.2) is 5.72 Å². The largest absolute Gasteiger partial charge is 0.441 e. The molecular weight excluding hydrogens is 476 g/mol. The Kier molecular flexibility index (Phi) is 7.59. The second-order valence-electron chi connectivity index (χ2n) is 10.3. The zero-order chi connectivity index (χ0) is 26.5. The first-order valence-electron chi connectivity index (χ1n) is 13.6. The van der Waals surface area contributed by atoms with E-state index < -0.39 is 5.72 Å². The molecule has 1 heterocycles. The van der Waals surface area contributed by atoms with Crippen LogP contribution in [0.1, 0.15) is 83.7 Å². The number of amides is 2. The standard InChI is InChI=1S/C32H34N2O4/c1-2-3-4-7-23-8-10-25(11-9-23)30(36)33-28-16-14-24(15-17-28)26-12-13-27-21-34(31(37)29(27)20-26)32(38-22-35)18-5-6-19-32/h8-17,20,22H,2-7,18-19,21H2,1H3,(H,33,36). The van der Waals surface area contributed by atoms with Gasteiger partial charge in [0.05, 0.1) is 6.54 Å². The summed E-state index contributed by atoms with van der Waals surface area (Å²) in [5, 5.41) is 2.97. The third-order valence-corrected chi connectivity index (χ3v) is 7.82. The maximum atomic E-state index is 13.3. The van der Waals surface area contributed by atoms with Crippen molar-refractivity contribution in [2.45, 2.75) is 70.6 Å². The van der Waals surface area contributed by atoms with Crippen molar-refractivity contribution in [3.63, 3.8) is 0 Å². The highest BCUT2D eigenvalue weighted by Gasteiger charge is 2.47. The number of hydrogen-bond acceptors (Lipinski definition) is 4. The summed E-state index contributed by atoms with van der Waals surface area (Å²) >= 11 is 0. The lowest BCUT2D eigenvalue weighted by molar-refractivity contribution is -0.162. The van der Waals surface area contributed by atoms with Crippen LogP contribution in [0.4, 0.5) is 5.69 Å². The lowest BCUT2D eigenvalue weighted by Gasteiger charge is -2.36. The molecule has 6 heteroatoms. The summed E-state index contributed by atoms with van der Waals surface area (Å²) in [6.07, 6.45) is 7.84. The van der Waals surface area contributed by atoms with Crippen LogP contribution in [0.25, 0.3) is 11.1 Å². The van der Waals surface area contributed by atoms with E-state index in [-0.39, 0.29) is 11.8 Å². The summed E-state index contributed by atoms with van der Waals surface area (Å²) in [5.74, 6) is -0.231. The summed E-state index contributed by atoms with van der Waals surface area (Å²) in [6, 6.07) is 21.4. The first-order valence-corrected chi connectivity index (χ1v) is 13.6. The van der Waals surface area contributed by atoms with Crippen molar-refractivity contribution in [1.82, 2.24) is 4.90 Å². The number of nitrogens with one attached hydrogen (secondary N) is 1. The van der Waals surface area contributed by atoms with Gasteiger partial charge in [-0.2, -0.15) is 0 Å². The summed E-state index contributed by atoms with van der Waals surface area (Å²) < 4.78 is 5.48. The lowest BCUT2D eigenvalue weighted by atomic mass is 10.00. The van der Waals surface area contributed by atoms with Gasteiger partial charge in [-0.05, 0) is 78.3 Å². The third-order valence-electron chi connectivity index (χ3n) is 7.82. The van der Waals surface area contributed by atoms with Gasteiger partial charge in [-0.25, -0.2) is 0 Å². The molecule has 6 nitrogen and oxygen atoms in total. The summed E-state index contributed by atoms with van der Waals surface area (Å²) in [7, 11) is 0. The molecule has 1 aliphatic carbocycles. The van der Waals surface area contributed by atoms with Crippen molar-refractivity contribution in [2.24, 2.45) is 0 Å². The topological polar surface area (TPSA) is 75.7 Å². The predicted octanol–water partition coefficient (Wildman–Crippen LogP) is 6.74. The number of aryl methyl sites for hydroxylation is 1. The van der Waals surface area contributed by atoms with Gasteiger partial charge in [-0.15, -0.1) is 0 Å². The Morgan fingerprint density at radius 1 is 0.974 bits per heavy atom. The van der Waals surface area contributed by atoms with Crippen molar-refractivity contribution in [2.75, 3.05) is 5.32 Å². The van der Waals surface area contributed by atoms with Crippen LogP contribution in [0.2, 0.25) is 0 Å². The van der Waals surface area contributed by atoms with Gasteiger partial charge in [0.2, 0.25) is 0 Å². The van der Waals surface area contributed by atoms with E-state index in [4.69, 9.17) is 4.74 Å². The van der Waals surface area contributed by atoms with E-state index in [2.05, 4.69) is 12.2 Å². The number of hydrogen-bond donors (Lipinski definition) is 1. The van der Waals surface area contributed by atoms with E-state index >= 15 is 0 Å². The fourth-order valence-corrected chi connectivity index (χ4v) is 5.63. The van der Waals surface area contributed by atoms with Crippen molar-refractivity contribution in [3.05, 3.63) is 89.0 Å². The highest BCUT2D eigenvalue weighted by atomic mass is 16.6. The maximum absolute atomic E-state index is 13.3. The maximum Gasteiger partial charge on any atom is 0.295 e. The Labute approximate surface area is 224 Å². The van der Waals surface area contributed by atoms with Crippen LogP contribution in [0, 0.1) is 0 Å². The van der Waals surface area contributed by atoms with E-state index in [0.29, 0.717) is 42.7 Å². The van der Waals surface area contributed by atoms with E-state index in [9.17, 15) is 14.4 Å². The monoisotopic (exact) mass is 510 g/mol. The SMILES string of the molecule is CCCCCc1ccc(C(=O)Nc2ccc(-c3ccc4c(c3)C(=O)N(C3(OC=O)CCCC3)C4)cc2)cc1. The minimum absolute atomic E-state index is 0.0918. The minimum atomic E-state index is -0.826. The molecule has 3 aromatic rings. The fourth-order valence-electron chi connectivity index (χ4n) is 5.63. The van der Waals surface area contributed by atoms with Gasteiger partial charge in [0.1, 0.15) is 0 Å². The highest BCUT2D eigenvalue weighted by Crippen LogP contribution is 2.41. The molecule has 0 bridgehead atoms. The Morgan fingerprint density at radius 3 is 2.37 bits per heavy atom. The van der Waals surface area contributed by atoms with E-state index in [1.807, 2.05) is 66.7 Å². The van der Waals surface area contributed by atoms with Crippen LogP contribution in [0.5, 0.6) is 0 Å². The Morgan fingerprint density at radius 2 is 1.68 bits per heavy atom. The molecule has 0 saturated heterocycles. The fraction of sp³-hybridized carbons (Fsp3) is 0.344. The number of fused-ring (bicyclic) bond motifs is 1. The van der Waals surface area contributed by atoms with Gasteiger partial charge in [-0.1, -0.05) is 56.2 Å². The van der Waals surface area contributed by atoms with Crippen molar-refractivity contribution >= 4 is 24.0 Å². The second kappa shape index (κ2) is 11.2. The molecule has 0 radical (unpaired) electrons. The van der Waals surface area contributed by atoms with Crippen LogP contribution in [-0.4, -0.2) is 28.9 Å². The molecular formula is C32H34N2O4. The zero-order valence-corrected chi connectivity index (χ0v) is 21.9. The van der Waals surface area contributed by atoms with Crippen molar-refractivity contribution in [3.8, 4) is 11.1 Å². The van der Waals surface area contributed by atoms with Crippen LogP contribution < -0.4 is 5.32 Å². The number of carbonyl (C=O) groups is 3. The van der Waals surface area contributed by atoms with Gasteiger partial charge < -0.3 is 10.1 Å². The molecule has 0 aromatic heterocycles.